The molecule has 1 saturated heterocycles. The first-order valence-corrected chi connectivity index (χ1v) is 15.5. The summed E-state index contributed by atoms with van der Waals surface area (Å²) in [6, 6.07) is 17.1. The lowest BCUT2D eigenvalue weighted by molar-refractivity contribution is -0.114. The number of carbonyl (C=O) groups excluding carboxylic acids is 1. The Morgan fingerprint density at radius 3 is 2.16 bits per heavy atom. The molecule has 0 aliphatic carbocycles. The molecule has 202 valence electrons. The van der Waals surface area contributed by atoms with Crippen LogP contribution in [0, 0.1) is 6.92 Å². The van der Waals surface area contributed by atoms with Crippen molar-refractivity contribution in [3.05, 3.63) is 76.8 Å². The third-order valence-electron chi connectivity index (χ3n) is 6.16. The fourth-order valence-corrected chi connectivity index (χ4v) is 7.33. The van der Waals surface area contributed by atoms with Gasteiger partial charge in [-0.1, -0.05) is 33.6 Å². The monoisotopic (exact) mass is 621 g/mol. The number of sulfonamides is 2. The smallest absolute Gasteiger partial charge is 0.264 e. The zero-order chi connectivity index (χ0) is 27.5. The number of amides is 1. The predicted octanol–water partition coefficient (Wildman–Crippen LogP) is 4.38. The summed E-state index contributed by atoms with van der Waals surface area (Å²) < 4.78 is 61.8. The van der Waals surface area contributed by atoms with Gasteiger partial charge in [0.1, 0.15) is 12.3 Å². The van der Waals surface area contributed by atoms with E-state index in [9.17, 15) is 21.6 Å². The van der Waals surface area contributed by atoms with Gasteiger partial charge in [0, 0.05) is 17.6 Å². The van der Waals surface area contributed by atoms with E-state index in [0.29, 0.717) is 18.8 Å². The number of hydrogen-bond acceptors (Lipinski definition) is 6. The van der Waals surface area contributed by atoms with Crippen LogP contribution in [-0.2, 0) is 24.8 Å². The third kappa shape index (κ3) is 6.04. The Kier molecular flexibility index (Phi) is 8.46. The molecule has 1 aliphatic rings. The number of benzene rings is 3. The van der Waals surface area contributed by atoms with Crippen molar-refractivity contribution in [2.75, 3.05) is 36.4 Å². The van der Waals surface area contributed by atoms with Crippen molar-refractivity contribution in [1.29, 1.82) is 0 Å². The maximum Gasteiger partial charge on any atom is 0.264 e. The number of hydrogen-bond donors (Lipinski definition) is 1. The molecule has 0 radical (unpaired) electrons. The van der Waals surface area contributed by atoms with Gasteiger partial charge in [-0.25, -0.2) is 16.8 Å². The Balaban J connectivity index is 1.65. The molecule has 0 saturated carbocycles. The molecule has 0 spiro atoms. The molecule has 1 amide bonds. The largest absolute Gasteiger partial charge is 0.495 e. The summed E-state index contributed by atoms with van der Waals surface area (Å²) in [6.07, 6.45) is 1.58. The molecular formula is C26H28BrN3O6S2. The molecule has 0 unspecified atom stereocenters. The first kappa shape index (κ1) is 28.1. The first-order chi connectivity index (χ1) is 18.0. The van der Waals surface area contributed by atoms with Gasteiger partial charge in [-0.05, 0) is 74.4 Å². The Hall–Kier alpha value is -2.93. The van der Waals surface area contributed by atoms with Crippen molar-refractivity contribution in [1.82, 2.24) is 4.31 Å². The first-order valence-electron chi connectivity index (χ1n) is 11.9. The van der Waals surface area contributed by atoms with E-state index in [2.05, 4.69) is 21.2 Å². The summed E-state index contributed by atoms with van der Waals surface area (Å²) in [5.74, 6) is -0.423. The van der Waals surface area contributed by atoms with Gasteiger partial charge < -0.3 is 10.1 Å². The Bertz CT molecular complexity index is 1520. The molecule has 38 heavy (non-hydrogen) atoms. The molecule has 1 aliphatic heterocycles. The second-order valence-electron chi connectivity index (χ2n) is 8.82. The van der Waals surface area contributed by atoms with Gasteiger partial charge in [-0.15, -0.1) is 0 Å². The highest BCUT2D eigenvalue weighted by molar-refractivity contribution is 9.10. The van der Waals surface area contributed by atoms with Crippen molar-refractivity contribution in [2.24, 2.45) is 0 Å². The average molecular weight is 623 g/mol. The standard InChI is InChI=1S/C26H28BrN3O6S2/c1-19-5-11-22(12-6-19)38(34,35)30(21-9-7-20(27)8-10-21)18-26(31)28-24-17-23(13-14-25(24)36-2)37(32,33)29-15-3-4-16-29/h5-14,17H,3-4,15-16,18H2,1-2H3,(H,28,31). The topological polar surface area (TPSA) is 113 Å². The summed E-state index contributed by atoms with van der Waals surface area (Å²) >= 11 is 3.34. The van der Waals surface area contributed by atoms with Gasteiger partial charge in [0.25, 0.3) is 10.0 Å². The van der Waals surface area contributed by atoms with Gasteiger partial charge in [0.2, 0.25) is 15.9 Å². The minimum Gasteiger partial charge on any atom is -0.495 e. The highest BCUT2D eigenvalue weighted by atomic mass is 79.9. The lowest BCUT2D eigenvalue weighted by atomic mass is 10.2. The molecule has 0 atom stereocenters. The molecule has 1 heterocycles. The van der Waals surface area contributed by atoms with Crippen LogP contribution in [0.5, 0.6) is 5.75 Å². The van der Waals surface area contributed by atoms with Gasteiger partial charge in [0.05, 0.1) is 28.3 Å². The van der Waals surface area contributed by atoms with Gasteiger partial charge in [-0.2, -0.15) is 4.31 Å². The molecule has 0 aromatic heterocycles. The summed E-state index contributed by atoms with van der Waals surface area (Å²) in [7, 11) is -6.45. The molecule has 12 heteroatoms. The molecule has 9 nitrogen and oxygen atoms in total. The minimum absolute atomic E-state index is 0.0209. The SMILES string of the molecule is COc1ccc(S(=O)(=O)N2CCCC2)cc1NC(=O)CN(c1ccc(Br)cc1)S(=O)(=O)c1ccc(C)cc1. The minimum atomic E-state index is -4.11. The molecule has 1 N–H and O–H groups in total. The second kappa shape index (κ2) is 11.4. The molecule has 0 bridgehead atoms. The van der Waals surface area contributed by atoms with Crippen LogP contribution < -0.4 is 14.4 Å². The van der Waals surface area contributed by atoms with Crippen LogP contribution in [0.25, 0.3) is 0 Å². The van der Waals surface area contributed by atoms with Crippen LogP contribution in [0.4, 0.5) is 11.4 Å². The number of anilines is 2. The third-order valence-corrected chi connectivity index (χ3v) is 10.4. The van der Waals surface area contributed by atoms with E-state index in [-0.39, 0.29) is 21.2 Å². The van der Waals surface area contributed by atoms with E-state index >= 15 is 0 Å². The van der Waals surface area contributed by atoms with Crippen molar-refractivity contribution in [3.63, 3.8) is 0 Å². The Labute approximate surface area is 231 Å². The van der Waals surface area contributed by atoms with Crippen molar-refractivity contribution < 1.29 is 26.4 Å². The van der Waals surface area contributed by atoms with Gasteiger partial charge in [0.15, 0.2) is 0 Å². The van der Waals surface area contributed by atoms with Crippen LogP contribution in [0.3, 0.4) is 0 Å². The second-order valence-corrected chi connectivity index (χ2v) is 13.5. The number of rotatable bonds is 9. The predicted molar refractivity (Wildman–Crippen MR) is 149 cm³/mol. The normalized spacial score (nSPS) is 14.3. The van der Waals surface area contributed by atoms with Crippen LogP contribution in [0.2, 0.25) is 0 Å². The fraction of sp³-hybridized carbons (Fsp3) is 0.269. The lowest BCUT2D eigenvalue weighted by Gasteiger charge is -2.24. The quantitative estimate of drug-likeness (QED) is 0.379. The van der Waals surface area contributed by atoms with E-state index in [0.717, 1.165) is 27.2 Å². The zero-order valence-corrected chi connectivity index (χ0v) is 24.1. The van der Waals surface area contributed by atoms with Crippen LogP contribution in [-0.4, -0.2) is 53.8 Å². The van der Waals surface area contributed by atoms with Crippen LogP contribution in [0.15, 0.2) is 81.0 Å². The molecule has 3 aromatic rings. The number of nitrogens with one attached hydrogen (secondary N) is 1. The number of nitrogens with zero attached hydrogens (tertiary/aromatic N) is 2. The van der Waals surface area contributed by atoms with E-state index in [1.54, 1.807) is 36.4 Å². The molecule has 3 aromatic carbocycles. The molecule has 4 rings (SSSR count). The summed E-state index contributed by atoms with van der Waals surface area (Å²) in [4.78, 5) is 13.3. The summed E-state index contributed by atoms with van der Waals surface area (Å²) in [5, 5.41) is 2.65. The summed E-state index contributed by atoms with van der Waals surface area (Å²) in [5.41, 5.74) is 1.32. The number of ether oxygens (including phenoxy) is 1. The summed E-state index contributed by atoms with van der Waals surface area (Å²) in [6.45, 7) is 2.18. The highest BCUT2D eigenvalue weighted by Gasteiger charge is 2.30. The molecular weight excluding hydrogens is 594 g/mol. The van der Waals surface area contributed by atoms with Crippen molar-refractivity contribution in [2.45, 2.75) is 29.6 Å². The maximum atomic E-state index is 13.6. The van der Waals surface area contributed by atoms with E-state index in [1.807, 2.05) is 6.92 Å². The van der Waals surface area contributed by atoms with Gasteiger partial charge >= 0.3 is 0 Å². The lowest BCUT2D eigenvalue weighted by Crippen LogP contribution is -2.38. The average Bonchev–Trinajstić information content (AvgIpc) is 3.44. The fourth-order valence-electron chi connectivity index (χ4n) is 4.10. The van der Waals surface area contributed by atoms with Gasteiger partial charge in [-0.3, -0.25) is 9.10 Å². The number of aryl methyl sites for hydroxylation is 1. The van der Waals surface area contributed by atoms with E-state index in [4.69, 9.17) is 4.74 Å². The maximum absolute atomic E-state index is 13.6. The number of halogens is 1. The van der Waals surface area contributed by atoms with E-state index < -0.39 is 32.5 Å². The van der Waals surface area contributed by atoms with Crippen LogP contribution in [0.1, 0.15) is 18.4 Å². The Morgan fingerprint density at radius 2 is 1.55 bits per heavy atom. The zero-order valence-electron chi connectivity index (χ0n) is 20.9. The number of carbonyl (C=O) groups is 1. The number of methoxy groups -OCH3 is 1. The van der Waals surface area contributed by atoms with E-state index in [1.165, 1.54) is 41.7 Å². The Morgan fingerprint density at radius 1 is 0.947 bits per heavy atom. The molecule has 1 fully saturated rings. The van der Waals surface area contributed by atoms with Crippen molar-refractivity contribution >= 4 is 53.3 Å². The van der Waals surface area contributed by atoms with Crippen molar-refractivity contribution in [3.8, 4) is 5.75 Å². The highest BCUT2D eigenvalue weighted by Crippen LogP contribution is 2.31. The van der Waals surface area contributed by atoms with Crippen LogP contribution >= 0.6 is 15.9 Å².